The number of carboxylic acid groups (broad SMARTS) is 1. The molecule has 0 spiro atoms. The van der Waals surface area contributed by atoms with E-state index in [0.29, 0.717) is 40.9 Å². The second-order valence-electron chi connectivity index (χ2n) is 21.4. The van der Waals surface area contributed by atoms with Gasteiger partial charge in [-0.1, -0.05) is 23.2 Å². The molecule has 0 atom stereocenters. The number of anilines is 5. The van der Waals surface area contributed by atoms with Crippen molar-refractivity contribution in [2.75, 3.05) is 55.0 Å². The molecule has 12 rings (SSSR count). The Morgan fingerprint density at radius 1 is 0.571 bits per heavy atom. The van der Waals surface area contributed by atoms with Gasteiger partial charge in [0.2, 0.25) is 23.1 Å². The van der Waals surface area contributed by atoms with Crippen molar-refractivity contribution < 1.29 is 93.9 Å². The maximum absolute atomic E-state index is 14.1. The maximum Gasteiger partial charge on any atom is 0.412 e. The molecule has 0 aliphatic carbocycles. The van der Waals surface area contributed by atoms with E-state index in [-0.39, 0.29) is 101 Å². The van der Waals surface area contributed by atoms with Crippen LogP contribution in [0.4, 0.5) is 55.2 Å². The van der Waals surface area contributed by atoms with Crippen molar-refractivity contribution in [1.29, 1.82) is 0 Å². The lowest BCUT2D eigenvalue weighted by atomic mass is 10.1. The van der Waals surface area contributed by atoms with Crippen molar-refractivity contribution >= 4 is 133 Å². The number of methoxy groups -OCH3 is 4. The van der Waals surface area contributed by atoms with Crippen molar-refractivity contribution in [3.05, 3.63) is 199 Å². The molecule has 0 aliphatic heterocycles. The van der Waals surface area contributed by atoms with Crippen LogP contribution in [0.5, 0.6) is 5.75 Å². The minimum absolute atomic E-state index is 0.0161. The number of aromatic nitrogens is 16. The predicted octanol–water partition coefficient (Wildman–Crippen LogP) is 7.44. The summed E-state index contributed by atoms with van der Waals surface area (Å²) in [5.41, 5.74) is -1.72. The molecule has 0 aliphatic rings. The Bertz CT molecular complexity index is 5500. The number of carbonyl (C=O) groups is 9. The second kappa shape index (κ2) is 32.1. The number of esters is 3. The predicted molar refractivity (Wildman–Crippen MR) is 352 cm³/mol. The standard InChI is InChI=1S/C19H20FN7O6.C14H9Cl2N5O4.C14H9F2N5O3.C14H8F2N4O3/c1-19(2,3)33-18(30)22-12-7-13(24-27-15(12)23-25-26-27)16(28)21-11-8-14(31-4)10(20)6-9(11)17(29)32-5;1-25-13(24)6-4-7(15)8(16)5-9(6)17-12(23)11-19-14-18-10(22)2-3-21(14)20-11;1-24-14(23)7-4-8(15)9(16)5-10(7)18-13(22)12-19-11-6-17-2-3-21(11)20-12;15-7-1-6(14(22)23)9(2-8(7)16)20-13(21)11-3-10-12(4-17-11)19-5-18-10/h6-8H,1-5H3,(H,21,28)(H,22,30);2-5H,1H3,(H,17,23)(H,18,19,20,22);2-6H,1H3,(H,18,22);1-5H,(H,18,19)(H,20,21)(H,22,23). The van der Waals surface area contributed by atoms with E-state index in [2.05, 4.69) is 107 Å². The van der Waals surface area contributed by atoms with Gasteiger partial charge in [0, 0.05) is 42.9 Å². The molecule has 8 heterocycles. The number of benzene rings is 4. The van der Waals surface area contributed by atoms with Gasteiger partial charge in [-0.25, -0.2) is 69.9 Å². The largest absolute Gasteiger partial charge is 0.494 e. The summed E-state index contributed by atoms with van der Waals surface area (Å²) >= 11 is 11.8. The Labute approximate surface area is 590 Å². The molecule has 44 heteroatoms. The summed E-state index contributed by atoms with van der Waals surface area (Å²) in [5.74, 6) is -13.6. The minimum Gasteiger partial charge on any atom is -0.494 e. The van der Waals surface area contributed by atoms with E-state index < -0.39 is 93.8 Å². The molecule has 540 valence electrons. The fourth-order valence-corrected chi connectivity index (χ4v) is 8.89. The summed E-state index contributed by atoms with van der Waals surface area (Å²) < 4.78 is 94.6. The number of amides is 5. The van der Waals surface area contributed by atoms with E-state index in [1.807, 2.05) is 0 Å². The minimum atomic E-state index is -1.50. The first-order valence-electron chi connectivity index (χ1n) is 28.9. The molecule has 8 N–H and O–H groups in total. The molecular formula is C61H46Cl2F5N21O16. The van der Waals surface area contributed by atoms with Gasteiger partial charge < -0.3 is 55.0 Å². The van der Waals surface area contributed by atoms with Gasteiger partial charge in [0.1, 0.15) is 11.3 Å². The van der Waals surface area contributed by atoms with E-state index in [1.165, 1.54) is 90.9 Å². The summed E-state index contributed by atoms with van der Waals surface area (Å²) in [6.45, 7) is 5.05. The molecule has 12 aromatic rings. The smallest absolute Gasteiger partial charge is 0.412 e. The topological polar surface area (TPSA) is 484 Å². The van der Waals surface area contributed by atoms with Crippen LogP contribution in [-0.2, 0) is 18.9 Å². The van der Waals surface area contributed by atoms with Crippen molar-refractivity contribution in [1.82, 2.24) is 79.4 Å². The normalized spacial score (nSPS) is 10.8. The zero-order chi connectivity index (χ0) is 76.3. The summed E-state index contributed by atoms with van der Waals surface area (Å²) in [6.07, 6.45) is 7.68. The van der Waals surface area contributed by atoms with Crippen LogP contribution in [0.2, 0.25) is 10.0 Å². The molecule has 5 amide bonds. The van der Waals surface area contributed by atoms with E-state index in [1.54, 1.807) is 20.8 Å². The van der Waals surface area contributed by atoms with E-state index in [0.717, 1.165) is 31.0 Å². The zero-order valence-corrected chi connectivity index (χ0v) is 55.8. The summed E-state index contributed by atoms with van der Waals surface area (Å²) in [6, 6.07) is 10.8. The molecule has 0 fully saturated rings. The number of aromatic amines is 2. The Kier molecular flexibility index (Phi) is 23.0. The molecule has 0 bridgehead atoms. The van der Waals surface area contributed by atoms with Gasteiger partial charge in [0.15, 0.2) is 46.2 Å². The molecule has 0 unspecified atom stereocenters. The molecule has 4 aromatic carbocycles. The molecule has 37 nitrogen and oxygen atoms in total. The number of imidazole rings is 1. The highest BCUT2D eigenvalue weighted by atomic mass is 35.5. The number of nitrogens with one attached hydrogen (secondary N) is 7. The third kappa shape index (κ3) is 18.1. The number of tetrazole rings is 1. The number of fused-ring (bicyclic) bond motifs is 4. The first kappa shape index (κ1) is 75.1. The first-order valence-corrected chi connectivity index (χ1v) is 29.7. The highest BCUT2D eigenvalue weighted by molar-refractivity contribution is 6.42. The monoisotopic (exact) mass is 1490 g/mol. The number of hydrogen-bond donors (Lipinski definition) is 8. The van der Waals surface area contributed by atoms with Gasteiger partial charge in [0.05, 0.1) is 119 Å². The van der Waals surface area contributed by atoms with Crippen LogP contribution in [-0.4, -0.2) is 172 Å². The molecule has 8 aromatic heterocycles. The van der Waals surface area contributed by atoms with Gasteiger partial charge in [0.25, 0.3) is 29.2 Å². The maximum atomic E-state index is 14.1. The van der Waals surface area contributed by atoms with Crippen LogP contribution in [0.3, 0.4) is 0 Å². The van der Waals surface area contributed by atoms with Crippen molar-refractivity contribution in [3.8, 4) is 5.75 Å². The van der Waals surface area contributed by atoms with Gasteiger partial charge in [-0.05, 0) is 73.7 Å². The molecular weight excluding hydrogens is 1450 g/mol. The number of ether oxygens (including phenoxy) is 5. The lowest BCUT2D eigenvalue weighted by Gasteiger charge is -2.19. The number of aromatic carboxylic acids is 1. The van der Waals surface area contributed by atoms with Crippen molar-refractivity contribution in [2.24, 2.45) is 0 Å². The van der Waals surface area contributed by atoms with Crippen molar-refractivity contribution in [2.45, 2.75) is 26.4 Å². The highest BCUT2D eigenvalue weighted by Crippen LogP contribution is 2.32. The quantitative estimate of drug-likeness (QED) is 0.0298. The molecule has 0 radical (unpaired) electrons. The lowest BCUT2D eigenvalue weighted by molar-refractivity contribution is 0.0592. The fourth-order valence-electron chi connectivity index (χ4n) is 8.56. The summed E-state index contributed by atoms with van der Waals surface area (Å²) in [7, 11) is 4.60. The van der Waals surface area contributed by atoms with Crippen LogP contribution in [0.1, 0.15) is 104 Å². The number of hydrogen-bond acceptors (Lipinski definition) is 26. The Morgan fingerprint density at radius 3 is 1.72 bits per heavy atom. The fraction of sp³-hybridized carbons (Fsp3) is 0.131. The van der Waals surface area contributed by atoms with E-state index in [4.69, 9.17) is 37.8 Å². The summed E-state index contributed by atoms with van der Waals surface area (Å²) in [5, 5.41) is 43.8. The number of halogens is 7. The van der Waals surface area contributed by atoms with Crippen LogP contribution < -0.4 is 36.9 Å². The van der Waals surface area contributed by atoms with Gasteiger partial charge in [-0.3, -0.25) is 39.3 Å². The average molecular weight is 1500 g/mol. The van der Waals surface area contributed by atoms with Crippen LogP contribution in [0, 0.1) is 29.1 Å². The van der Waals surface area contributed by atoms with Gasteiger partial charge in [-0.2, -0.15) is 4.98 Å². The van der Waals surface area contributed by atoms with Crippen LogP contribution in [0.15, 0.2) is 109 Å². The number of rotatable bonds is 14. The molecule has 0 saturated carbocycles. The highest BCUT2D eigenvalue weighted by Gasteiger charge is 2.27. The third-order valence-electron chi connectivity index (χ3n) is 13.3. The molecule has 105 heavy (non-hydrogen) atoms. The van der Waals surface area contributed by atoms with Crippen LogP contribution in [0.25, 0.3) is 28.1 Å². The summed E-state index contributed by atoms with van der Waals surface area (Å²) in [4.78, 5) is 144. The Morgan fingerprint density at radius 2 is 1.11 bits per heavy atom. The van der Waals surface area contributed by atoms with E-state index in [9.17, 15) is 69.9 Å². The lowest BCUT2D eigenvalue weighted by Crippen LogP contribution is -2.27. The zero-order valence-electron chi connectivity index (χ0n) is 54.3. The first-order chi connectivity index (χ1) is 49.8. The Balaban J connectivity index is 0.000000164. The van der Waals surface area contributed by atoms with Gasteiger partial charge in [-0.15, -0.1) is 25.0 Å². The Hall–Kier alpha value is -14.1. The van der Waals surface area contributed by atoms with Crippen molar-refractivity contribution in [3.63, 3.8) is 0 Å². The number of pyridine rings is 1. The number of H-pyrrole nitrogens is 2. The molecule has 0 saturated heterocycles. The number of carboxylic acids is 1. The second-order valence-corrected chi connectivity index (χ2v) is 22.3. The average Bonchev–Trinajstić information content (AvgIpc) is 1.37. The van der Waals surface area contributed by atoms with Gasteiger partial charge >= 0.3 is 30.0 Å². The third-order valence-corrected chi connectivity index (χ3v) is 14.0. The number of nitrogens with zero attached hydrogens (tertiary/aromatic N) is 14. The number of carbonyl (C=O) groups excluding carboxylic acids is 8. The van der Waals surface area contributed by atoms with Crippen LogP contribution >= 0.6 is 23.2 Å². The SMILES string of the molecule is COC(=O)c1cc(Cl)c(Cl)cc1NC(=O)c1nc2[nH]c(=O)ccn2n1.COC(=O)c1cc(F)c(F)cc1NC(=O)c1nc2cnccn2n1.COC(=O)c1cc(F)c(OC)cc1NC(=O)c1cc(NC(=O)OC(C)(C)C)c2nnnn2n1.O=C(Nc1cc(F)c(F)cc1C(=O)O)c1cc2nc[nH]c2cn1. The van der Waals surface area contributed by atoms with E-state index >= 15 is 0 Å².